The average Bonchev–Trinajstić information content (AvgIpc) is 2.68. The van der Waals surface area contributed by atoms with Crippen LogP contribution in [0.3, 0.4) is 0 Å². The quantitative estimate of drug-likeness (QED) is 0.812. The molecule has 0 radical (unpaired) electrons. The predicted molar refractivity (Wildman–Crippen MR) is 96.1 cm³/mol. The van der Waals surface area contributed by atoms with E-state index in [9.17, 15) is 9.90 Å². The molecule has 5 nitrogen and oxygen atoms in total. The average molecular weight is 331 g/mol. The van der Waals surface area contributed by atoms with Crippen LogP contribution in [0.1, 0.15) is 49.2 Å². The largest absolute Gasteiger partial charge is 0.491 e. The number of aryl methyl sites for hydroxylation is 1. The van der Waals surface area contributed by atoms with Crippen LogP contribution in [-0.2, 0) is 9.31 Å². The van der Waals surface area contributed by atoms with Crippen LogP contribution in [0.5, 0.6) is 0 Å². The van der Waals surface area contributed by atoms with Crippen molar-refractivity contribution in [3.05, 3.63) is 40.4 Å². The van der Waals surface area contributed by atoms with Crippen molar-refractivity contribution in [1.82, 2.24) is 5.32 Å². The van der Waals surface area contributed by atoms with Gasteiger partial charge in [0.15, 0.2) is 0 Å². The van der Waals surface area contributed by atoms with Crippen molar-refractivity contribution in [2.75, 3.05) is 13.6 Å². The maximum absolute atomic E-state index is 11.3. The van der Waals surface area contributed by atoms with Gasteiger partial charge in [-0.15, -0.1) is 0 Å². The molecule has 0 spiro atoms. The lowest BCUT2D eigenvalue weighted by molar-refractivity contribution is 0.00578. The molecule has 24 heavy (non-hydrogen) atoms. The van der Waals surface area contributed by atoms with Crippen LogP contribution in [-0.4, -0.2) is 43.0 Å². The highest BCUT2D eigenvalue weighted by molar-refractivity contribution is 6.55. The highest BCUT2D eigenvalue weighted by atomic mass is 16.7. The van der Waals surface area contributed by atoms with Crippen LogP contribution in [0, 0.1) is 6.92 Å². The minimum absolute atomic E-state index is 0.307. The smallest absolute Gasteiger partial charge is 0.478 e. The zero-order valence-corrected chi connectivity index (χ0v) is 15.3. The third-order valence-corrected chi connectivity index (χ3v) is 4.78. The molecule has 1 heterocycles. The van der Waals surface area contributed by atoms with E-state index in [0.29, 0.717) is 12.1 Å². The molecule has 2 N–H and O–H groups in total. The van der Waals surface area contributed by atoms with Crippen molar-refractivity contribution in [3.63, 3.8) is 0 Å². The Morgan fingerprint density at radius 2 is 1.83 bits per heavy atom. The number of aromatic carboxylic acids is 1. The number of rotatable bonds is 5. The molecule has 130 valence electrons. The number of benzene rings is 1. The summed E-state index contributed by atoms with van der Waals surface area (Å²) >= 11 is 0. The summed E-state index contributed by atoms with van der Waals surface area (Å²) in [5.41, 5.74) is 1.97. The van der Waals surface area contributed by atoms with Gasteiger partial charge in [0.2, 0.25) is 0 Å². The summed E-state index contributed by atoms with van der Waals surface area (Å²) in [5.74, 6) is -0.923. The first-order valence-corrected chi connectivity index (χ1v) is 8.12. The highest BCUT2D eigenvalue weighted by Crippen LogP contribution is 2.38. The molecule has 2 rings (SSSR count). The molecule has 6 heteroatoms. The van der Waals surface area contributed by atoms with Gasteiger partial charge in [-0.25, -0.2) is 4.79 Å². The van der Waals surface area contributed by atoms with E-state index in [1.807, 2.05) is 53.0 Å². The third-order valence-electron chi connectivity index (χ3n) is 4.78. The zero-order chi connectivity index (χ0) is 18.1. The van der Waals surface area contributed by atoms with Gasteiger partial charge in [0.05, 0.1) is 16.8 Å². The molecular weight excluding hydrogens is 305 g/mol. The van der Waals surface area contributed by atoms with Gasteiger partial charge >= 0.3 is 13.1 Å². The summed E-state index contributed by atoms with van der Waals surface area (Å²) in [6.45, 7) is 10.4. The van der Waals surface area contributed by atoms with Gasteiger partial charge in [0.1, 0.15) is 0 Å². The van der Waals surface area contributed by atoms with E-state index in [4.69, 9.17) is 9.31 Å². The maximum Gasteiger partial charge on any atom is 0.491 e. The van der Waals surface area contributed by atoms with E-state index in [1.165, 1.54) is 0 Å². The second-order valence-electron chi connectivity index (χ2n) is 7.22. The Hall–Kier alpha value is -1.63. The number of carboxylic acids is 1. The maximum atomic E-state index is 11.3. The number of nitrogens with one attached hydrogen (secondary N) is 1. The SMILES string of the molecule is CNCC(=Cc1ccc(C)c(C(=O)O)c1)B1OC(C)(C)C(C)(C)O1. The predicted octanol–water partition coefficient (Wildman–Crippen LogP) is 2.93. The molecule has 1 aromatic rings. The molecule has 1 aromatic carbocycles. The molecule has 0 aromatic heterocycles. The van der Waals surface area contributed by atoms with E-state index < -0.39 is 24.3 Å². The Kier molecular flexibility index (Phi) is 5.23. The minimum atomic E-state index is -0.923. The lowest BCUT2D eigenvalue weighted by Crippen LogP contribution is -2.41. The number of hydrogen-bond acceptors (Lipinski definition) is 4. The molecule has 0 aliphatic carbocycles. The molecular formula is C18H26BNO4. The van der Waals surface area contributed by atoms with E-state index in [1.54, 1.807) is 13.0 Å². The fourth-order valence-electron chi connectivity index (χ4n) is 2.57. The van der Waals surface area contributed by atoms with Crippen LogP contribution in [0.2, 0.25) is 0 Å². The monoisotopic (exact) mass is 331 g/mol. The van der Waals surface area contributed by atoms with E-state index >= 15 is 0 Å². The van der Waals surface area contributed by atoms with Gasteiger partial charge < -0.3 is 19.7 Å². The van der Waals surface area contributed by atoms with Gasteiger partial charge in [0, 0.05) is 6.54 Å². The summed E-state index contributed by atoms with van der Waals surface area (Å²) < 4.78 is 12.2. The molecule has 0 bridgehead atoms. The molecule has 1 saturated heterocycles. The summed E-state index contributed by atoms with van der Waals surface area (Å²) in [6.07, 6.45) is 1.94. The number of carbonyl (C=O) groups is 1. The Bertz CT molecular complexity index is 651. The van der Waals surface area contributed by atoms with Crippen LogP contribution >= 0.6 is 0 Å². The fourth-order valence-corrected chi connectivity index (χ4v) is 2.57. The molecule has 0 atom stereocenters. The molecule has 0 amide bonds. The highest BCUT2D eigenvalue weighted by Gasteiger charge is 2.52. The normalized spacial score (nSPS) is 19.6. The van der Waals surface area contributed by atoms with Crippen molar-refractivity contribution in [2.45, 2.75) is 45.8 Å². The van der Waals surface area contributed by atoms with Gasteiger partial charge in [0.25, 0.3) is 0 Å². The molecule has 1 fully saturated rings. The zero-order valence-electron chi connectivity index (χ0n) is 15.3. The summed E-state index contributed by atoms with van der Waals surface area (Å²) in [4.78, 5) is 11.3. The van der Waals surface area contributed by atoms with Crippen LogP contribution in [0.4, 0.5) is 0 Å². The first-order chi connectivity index (χ1) is 11.1. The standard InChI is InChI=1S/C18H26BNO4/c1-12-7-8-13(10-15(12)16(21)22)9-14(11-20-6)19-23-17(2,3)18(4,5)24-19/h7-10,20H,11H2,1-6H3,(H,21,22). The second kappa shape index (κ2) is 6.71. The Morgan fingerprint density at radius 3 is 2.33 bits per heavy atom. The van der Waals surface area contributed by atoms with E-state index in [2.05, 4.69) is 5.32 Å². The number of likely N-dealkylation sites (N-methyl/N-ethyl adjacent to an activating group) is 1. The van der Waals surface area contributed by atoms with Crippen molar-refractivity contribution in [1.29, 1.82) is 0 Å². The van der Waals surface area contributed by atoms with Crippen molar-refractivity contribution in [3.8, 4) is 0 Å². The van der Waals surface area contributed by atoms with Gasteiger partial charge in [-0.05, 0) is 64.3 Å². The van der Waals surface area contributed by atoms with Crippen molar-refractivity contribution >= 4 is 19.2 Å². The van der Waals surface area contributed by atoms with E-state index in [0.717, 1.165) is 16.6 Å². The van der Waals surface area contributed by atoms with Crippen molar-refractivity contribution in [2.24, 2.45) is 0 Å². The van der Waals surface area contributed by atoms with Gasteiger partial charge in [-0.3, -0.25) is 0 Å². The first kappa shape index (κ1) is 18.7. The Labute approximate surface area is 144 Å². The fraction of sp³-hybridized carbons (Fsp3) is 0.500. The van der Waals surface area contributed by atoms with Crippen LogP contribution in [0.15, 0.2) is 23.7 Å². The third kappa shape index (κ3) is 3.71. The Morgan fingerprint density at radius 1 is 1.25 bits per heavy atom. The number of carboxylic acid groups (broad SMARTS) is 1. The molecule has 0 saturated carbocycles. The lowest BCUT2D eigenvalue weighted by atomic mass is 9.77. The topological polar surface area (TPSA) is 67.8 Å². The van der Waals surface area contributed by atoms with E-state index in [-0.39, 0.29) is 0 Å². The molecule has 0 unspecified atom stereocenters. The van der Waals surface area contributed by atoms with Crippen LogP contribution in [0.25, 0.3) is 6.08 Å². The van der Waals surface area contributed by atoms with Gasteiger partial charge in [-0.1, -0.05) is 18.2 Å². The molecule has 1 aliphatic heterocycles. The summed E-state index contributed by atoms with van der Waals surface area (Å²) in [5, 5.41) is 12.4. The van der Waals surface area contributed by atoms with Gasteiger partial charge in [-0.2, -0.15) is 0 Å². The lowest BCUT2D eigenvalue weighted by Gasteiger charge is -2.32. The summed E-state index contributed by atoms with van der Waals surface area (Å²) in [6, 6.07) is 5.40. The van der Waals surface area contributed by atoms with Crippen molar-refractivity contribution < 1.29 is 19.2 Å². The first-order valence-electron chi connectivity index (χ1n) is 8.12. The second-order valence-corrected chi connectivity index (χ2v) is 7.22. The molecule has 1 aliphatic rings. The van der Waals surface area contributed by atoms with Crippen LogP contribution < -0.4 is 5.32 Å². The summed E-state index contributed by atoms with van der Waals surface area (Å²) in [7, 11) is 1.40. The Balaban J connectivity index is 2.37. The minimum Gasteiger partial charge on any atom is -0.478 e. The number of hydrogen-bond donors (Lipinski definition) is 2.